The summed E-state index contributed by atoms with van der Waals surface area (Å²) in [6.45, 7) is 5.71. The molecular weight excluding hydrogens is 229 g/mol. The van der Waals surface area contributed by atoms with E-state index in [4.69, 9.17) is 0 Å². The van der Waals surface area contributed by atoms with Crippen molar-refractivity contribution < 1.29 is 18.0 Å². The molecule has 0 N–H and O–H groups in total. The summed E-state index contributed by atoms with van der Waals surface area (Å²) in [6.07, 6.45) is 1.71. The fourth-order valence-electron chi connectivity index (χ4n) is 1.87. The van der Waals surface area contributed by atoms with Crippen LogP contribution >= 0.6 is 0 Å². The fraction of sp³-hybridized carbons (Fsp3) is 0.462. The molecule has 0 atom stereocenters. The van der Waals surface area contributed by atoms with E-state index in [-0.39, 0.29) is 5.41 Å². The summed E-state index contributed by atoms with van der Waals surface area (Å²) in [5, 5.41) is 0. The van der Waals surface area contributed by atoms with Gasteiger partial charge >= 0.3 is 6.18 Å². The normalized spacial score (nSPS) is 20.1. The summed E-state index contributed by atoms with van der Waals surface area (Å²) in [6, 6.07) is 0. The molecule has 0 aromatic carbocycles. The Kier molecular flexibility index (Phi) is 3.65. The molecule has 0 amide bonds. The molecule has 17 heavy (non-hydrogen) atoms. The van der Waals surface area contributed by atoms with Crippen LogP contribution in [0.1, 0.15) is 27.2 Å². The number of allylic oxidation sites excluding steroid dienone is 6. The van der Waals surface area contributed by atoms with Crippen molar-refractivity contribution in [2.45, 2.75) is 33.4 Å². The van der Waals surface area contributed by atoms with Crippen molar-refractivity contribution in [2.24, 2.45) is 5.41 Å². The minimum atomic E-state index is -4.79. The van der Waals surface area contributed by atoms with Gasteiger partial charge in [-0.1, -0.05) is 32.1 Å². The lowest BCUT2D eigenvalue weighted by Crippen LogP contribution is -2.21. The fourth-order valence-corrected chi connectivity index (χ4v) is 1.87. The molecule has 0 bridgehead atoms. The van der Waals surface area contributed by atoms with Crippen LogP contribution in [0, 0.1) is 5.41 Å². The highest BCUT2D eigenvalue weighted by atomic mass is 19.4. The van der Waals surface area contributed by atoms with Crippen LogP contribution in [0.5, 0.6) is 0 Å². The molecule has 0 heterocycles. The zero-order valence-electron chi connectivity index (χ0n) is 10.1. The molecule has 0 fully saturated rings. The summed E-state index contributed by atoms with van der Waals surface area (Å²) in [4.78, 5) is 10.8. The van der Waals surface area contributed by atoms with E-state index in [2.05, 4.69) is 0 Å². The van der Waals surface area contributed by atoms with Gasteiger partial charge in [-0.3, -0.25) is 4.79 Å². The Hall–Kier alpha value is -1.32. The van der Waals surface area contributed by atoms with Crippen LogP contribution in [0.15, 0.2) is 35.5 Å². The Morgan fingerprint density at radius 1 is 1.41 bits per heavy atom. The minimum Gasteiger partial charge on any atom is -0.285 e. The lowest BCUT2D eigenvalue weighted by molar-refractivity contribution is -0.165. The van der Waals surface area contributed by atoms with Gasteiger partial charge in [0.1, 0.15) is 0 Å². The zero-order valence-corrected chi connectivity index (χ0v) is 10.1. The Labute approximate surface area is 98.7 Å². The van der Waals surface area contributed by atoms with E-state index in [1.807, 2.05) is 32.9 Å². The molecule has 1 rings (SSSR count). The molecule has 1 nitrogen and oxygen atoms in total. The van der Waals surface area contributed by atoms with Crippen molar-refractivity contribution in [3.05, 3.63) is 35.5 Å². The molecule has 0 aromatic heterocycles. The van der Waals surface area contributed by atoms with Crippen molar-refractivity contribution in [1.29, 1.82) is 0 Å². The number of carbonyl (C=O) groups excluding carboxylic acids is 1. The van der Waals surface area contributed by atoms with E-state index < -0.39 is 12.0 Å². The molecule has 0 radical (unpaired) electrons. The first-order valence-corrected chi connectivity index (χ1v) is 5.32. The first kappa shape index (κ1) is 13.7. The molecule has 0 saturated carbocycles. The van der Waals surface area contributed by atoms with Gasteiger partial charge in [0, 0.05) is 0 Å². The van der Waals surface area contributed by atoms with E-state index in [9.17, 15) is 18.0 Å². The maximum Gasteiger partial charge on any atom is 0.454 e. The Balaban J connectivity index is 2.98. The van der Waals surface area contributed by atoms with E-state index in [1.54, 1.807) is 0 Å². The molecule has 0 unspecified atom stereocenters. The second kappa shape index (κ2) is 4.51. The largest absolute Gasteiger partial charge is 0.454 e. The third-order valence-corrected chi connectivity index (χ3v) is 2.83. The van der Waals surface area contributed by atoms with Gasteiger partial charge < -0.3 is 0 Å². The Bertz CT molecular complexity index is 409. The average molecular weight is 244 g/mol. The van der Waals surface area contributed by atoms with Crippen LogP contribution in [0.2, 0.25) is 0 Å². The van der Waals surface area contributed by atoms with Gasteiger partial charge in [0.15, 0.2) is 0 Å². The van der Waals surface area contributed by atoms with E-state index in [0.29, 0.717) is 6.08 Å². The van der Waals surface area contributed by atoms with Crippen LogP contribution in [-0.4, -0.2) is 12.0 Å². The zero-order chi connectivity index (χ0) is 13.3. The molecule has 1 aliphatic rings. The van der Waals surface area contributed by atoms with Crippen molar-refractivity contribution in [1.82, 2.24) is 0 Å². The number of hydrogen-bond acceptors (Lipinski definition) is 1. The summed E-state index contributed by atoms with van der Waals surface area (Å²) in [5.74, 6) is -1.82. The smallest absolute Gasteiger partial charge is 0.285 e. The molecule has 4 heteroatoms. The lowest BCUT2D eigenvalue weighted by Gasteiger charge is -2.29. The summed E-state index contributed by atoms with van der Waals surface area (Å²) >= 11 is 0. The van der Waals surface area contributed by atoms with Crippen LogP contribution < -0.4 is 0 Å². The minimum absolute atomic E-state index is 0.235. The number of halogens is 3. The van der Waals surface area contributed by atoms with Crippen molar-refractivity contribution in [3.63, 3.8) is 0 Å². The quantitative estimate of drug-likeness (QED) is 0.671. The monoisotopic (exact) mass is 244 g/mol. The molecule has 0 saturated heterocycles. The predicted octanol–water partition coefficient (Wildman–Crippen LogP) is 3.98. The molecule has 1 aliphatic carbocycles. The van der Waals surface area contributed by atoms with E-state index in [0.717, 1.165) is 17.6 Å². The second-order valence-corrected chi connectivity index (χ2v) is 4.78. The van der Waals surface area contributed by atoms with Crippen LogP contribution in [-0.2, 0) is 4.79 Å². The summed E-state index contributed by atoms with van der Waals surface area (Å²) in [5.41, 5.74) is 1.44. The van der Waals surface area contributed by atoms with Crippen molar-refractivity contribution in [2.75, 3.05) is 0 Å². The highest BCUT2D eigenvalue weighted by molar-refractivity contribution is 5.94. The van der Waals surface area contributed by atoms with E-state index >= 15 is 0 Å². The van der Waals surface area contributed by atoms with Crippen LogP contribution in [0.4, 0.5) is 13.2 Å². The number of alkyl halides is 3. The van der Waals surface area contributed by atoms with Gasteiger partial charge in [-0.25, -0.2) is 0 Å². The Morgan fingerprint density at radius 3 is 2.47 bits per heavy atom. The van der Waals surface area contributed by atoms with Gasteiger partial charge in [0.2, 0.25) is 0 Å². The molecular formula is C13H15F3O. The van der Waals surface area contributed by atoms with Crippen molar-refractivity contribution in [3.8, 4) is 0 Å². The number of ketones is 1. The van der Waals surface area contributed by atoms with Gasteiger partial charge in [-0.15, -0.1) is 0 Å². The third-order valence-electron chi connectivity index (χ3n) is 2.83. The number of carbonyl (C=O) groups is 1. The highest BCUT2D eigenvalue weighted by Crippen LogP contribution is 2.37. The first-order chi connectivity index (χ1) is 7.64. The standard InChI is InChI=1S/C13H15F3O/c1-9-5-4-8-12(2,3)10(9)6-7-11(17)13(14,15)16/h4-7H,8H2,1-3H3/b7-6+. The topological polar surface area (TPSA) is 17.1 Å². The van der Waals surface area contributed by atoms with Crippen LogP contribution in [0.25, 0.3) is 0 Å². The maximum atomic E-state index is 12.1. The maximum absolute atomic E-state index is 12.1. The second-order valence-electron chi connectivity index (χ2n) is 4.78. The molecule has 94 valence electrons. The Morgan fingerprint density at radius 2 is 2.00 bits per heavy atom. The molecule has 0 aliphatic heterocycles. The first-order valence-electron chi connectivity index (χ1n) is 5.32. The number of rotatable bonds is 2. The third kappa shape index (κ3) is 3.32. The van der Waals surface area contributed by atoms with E-state index in [1.165, 1.54) is 6.08 Å². The van der Waals surface area contributed by atoms with Gasteiger partial charge in [0.05, 0.1) is 0 Å². The van der Waals surface area contributed by atoms with Crippen LogP contribution in [0.3, 0.4) is 0 Å². The van der Waals surface area contributed by atoms with Gasteiger partial charge in [-0.2, -0.15) is 13.2 Å². The molecule has 0 aromatic rings. The van der Waals surface area contributed by atoms with Gasteiger partial charge in [-0.05, 0) is 36.0 Å². The van der Waals surface area contributed by atoms with Gasteiger partial charge in [0.25, 0.3) is 5.78 Å². The summed E-state index contributed by atoms with van der Waals surface area (Å²) < 4.78 is 36.2. The predicted molar refractivity (Wildman–Crippen MR) is 60.4 cm³/mol. The average Bonchev–Trinajstić information content (AvgIpc) is 2.14. The lowest BCUT2D eigenvalue weighted by atomic mass is 9.75. The van der Waals surface area contributed by atoms with Crippen molar-refractivity contribution >= 4 is 5.78 Å². The summed E-state index contributed by atoms with van der Waals surface area (Å²) in [7, 11) is 0. The number of hydrogen-bond donors (Lipinski definition) is 0. The SMILES string of the molecule is CC1=C(/C=C/C(=O)C(F)(F)F)C(C)(C)CC=C1. The molecule has 0 spiro atoms. The highest BCUT2D eigenvalue weighted by Gasteiger charge is 2.36.